The van der Waals surface area contributed by atoms with Gasteiger partial charge < -0.3 is 9.64 Å². The molecule has 2 nitrogen and oxygen atoms in total. The summed E-state index contributed by atoms with van der Waals surface area (Å²) >= 11 is 0. The second kappa shape index (κ2) is 22.7. The van der Waals surface area contributed by atoms with Crippen LogP contribution in [0.1, 0.15) is 40.5 Å². The van der Waals surface area contributed by atoms with Gasteiger partial charge in [0.1, 0.15) is 0 Å². The fourth-order valence-electron chi connectivity index (χ4n) is 0.875. The summed E-state index contributed by atoms with van der Waals surface area (Å²) in [7, 11) is 5.42. The van der Waals surface area contributed by atoms with Gasteiger partial charge in [0.25, 0.3) is 0 Å². The first-order valence-electron chi connectivity index (χ1n) is 5.40. The Morgan fingerprint density at radius 2 is 1.08 bits per heavy atom. The minimum atomic E-state index is 1.32. The molecule has 1 rings (SSSR count). The predicted octanol–water partition coefficient (Wildman–Crippen LogP) is 3.03. The van der Waals surface area contributed by atoms with Crippen molar-refractivity contribution in [2.24, 2.45) is 0 Å². The van der Waals surface area contributed by atoms with Gasteiger partial charge in [-0.2, -0.15) is 0 Å². The summed E-state index contributed by atoms with van der Waals surface area (Å²) in [6, 6.07) is 0. The fourth-order valence-corrected chi connectivity index (χ4v) is 0.875. The molecule has 1 aliphatic rings. The van der Waals surface area contributed by atoms with E-state index in [0.717, 1.165) is 0 Å². The van der Waals surface area contributed by atoms with E-state index in [4.69, 9.17) is 0 Å². The van der Waals surface area contributed by atoms with E-state index in [0.29, 0.717) is 0 Å². The minimum absolute atomic E-state index is 1.32. The first kappa shape index (κ1) is 18.7. The third kappa shape index (κ3) is 24.5. The molecule has 0 radical (unpaired) electrons. The normalized spacial score (nSPS) is 14.1. The molecular formula is C11H29NO. The van der Waals surface area contributed by atoms with Gasteiger partial charge >= 0.3 is 0 Å². The number of nitrogens with zero attached hydrogens (tertiary/aromatic N) is 1. The Balaban J connectivity index is -0.000000124. The summed E-state index contributed by atoms with van der Waals surface area (Å²) < 4.78 is 4.25. The van der Waals surface area contributed by atoms with Crippen LogP contribution < -0.4 is 0 Å². The number of rotatable bonds is 0. The van der Waals surface area contributed by atoms with Crippen LogP contribution in [0.4, 0.5) is 0 Å². The number of methoxy groups -OCH3 is 1. The van der Waals surface area contributed by atoms with Crippen molar-refractivity contribution in [1.82, 2.24) is 4.90 Å². The number of ether oxygens (including phenoxy) is 1. The van der Waals surface area contributed by atoms with E-state index in [9.17, 15) is 0 Å². The number of likely N-dealkylation sites (tertiary alicyclic amines) is 1. The standard InChI is InChI=1S/C5H11N.C2H6O.2C2H6/c1-6-4-2-3-5-6;1-3-2;2*1-2/h2-5H2,1H3;1-2H3;2*1-2H3. The van der Waals surface area contributed by atoms with Crippen molar-refractivity contribution in [2.45, 2.75) is 40.5 Å². The molecule has 1 fully saturated rings. The summed E-state index contributed by atoms with van der Waals surface area (Å²) in [5.41, 5.74) is 0. The van der Waals surface area contributed by atoms with Crippen LogP contribution in [-0.2, 0) is 4.74 Å². The highest BCUT2D eigenvalue weighted by atomic mass is 16.4. The summed E-state index contributed by atoms with van der Waals surface area (Å²) in [6.45, 7) is 10.6. The molecule has 1 aliphatic heterocycles. The molecule has 2 heteroatoms. The molecular weight excluding hydrogens is 162 g/mol. The molecule has 0 saturated carbocycles. The smallest absolute Gasteiger partial charge is 0.0351 e. The van der Waals surface area contributed by atoms with E-state index in [1.165, 1.54) is 25.9 Å². The van der Waals surface area contributed by atoms with Crippen molar-refractivity contribution in [3.8, 4) is 0 Å². The van der Waals surface area contributed by atoms with Crippen LogP contribution in [0.15, 0.2) is 0 Å². The van der Waals surface area contributed by atoms with Gasteiger partial charge in [0.15, 0.2) is 0 Å². The Bertz CT molecular complexity index is 52.1. The highest BCUT2D eigenvalue weighted by molar-refractivity contribution is 4.59. The molecule has 13 heavy (non-hydrogen) atoms. The van der Waals surface area contributed by atoms with Gasteiger partial charge in [0.05, 0.1) is 0 Å². The van der Waals surface area contributed by atoms with Crippen molar-refractivity contribution in [2.75, 3.05) is 34.4 Å². The van der Waals surface area contributed by atoms with Crippen molar-refractivity contribution in [3.05, 3.63) is 0 Å². The second-order valence-electron chi connectivity index (χ2n) is 2.42. The largest absolute Gasteiger partial charge is 0.388 e. The molecule has 1 heterocycles. The van der Waals surface area contributed by atoms with Crippen LogP contribution in [0, 0.1) is 0 Å². The van der Waals surface area contributed by atoms with Crippen LogP contribution in [0.2, 0.25) is 0 Å². The zero-order valence-corrected chi connectivity index (χ0v) is 10.7. The Hall–Kier alpha value is -0.0800. The lowest BCUT2D eigenvalue weighted by Gasteiger charge is -2.01. The van der Waals surface area contributed by atoms with Gasteiger partial charge in [-0.25, -0.2) is 0 Å². The van der Waals surface area contributed by atoms with E-state index < -0.39 is 0 Å². The van der Waals surface area contributed by atoms with E-state index >= 15 is 0 Å². The molecule has 1 saturated heterocycles. The SMILES string of the molecule is CC.CC.CN1CCCC1.COC. The highest BCUT2D eigenvalue weighted by Gasteiger charge is 2.03. The Morgan fingerprint density at radius 1 is 0.846 bits per heavy atom. The van der Waals surface area contributed by atoms with Crippen LogP contribution in [0.5, 0.6) is 0 Å². The van der Waals surface area contributed by atoms with E-state index in [-0.39, 0.29) is 0 Å². The molecule has 0 N–H and O–H groups in total. The topological polar surface area (TPSA) is 12.5 Å². The maximum absolute atomic E-state index is 4.25. The van der Waals surface area contributed by atoms with Crippen LogP contribution in [0.25, 0.3) is 0 Å². The summed E-state index contributed by atoms with van der Waals surface area (Å²) in [5.74, 6) is 0. The molecule has 0 aliphatic carbocycles. The van der Waals surface area contributed by atoms with E-state index in [1.807, 2.05) is 27.7 Å². The molecule has 84 valence electrons. The molecule has 0 unspecified atom stereocenters. The molecule has 0 bridgehead atoms. The Labute approximate surface area is 85.3 Å². The Morgan fingerprint density at radius 3 is 1.15 bits per heavy atom. The summed E-state index contributed by atoms with van der Waals surface area (Å²) in [4.78, 5) is 2.36. The fraction of sp³-hybridized carbons (Fsp3) is 1.00. The van der Waals surface area contributed by atoms with Crippen molar-refractivity contribution >= 4 is 0 Å². The van der Waals surface area contributed by atoms with Gasteiger partial charge in [-0.3, -0.25) is 0 Å². The summed E-state index contributed by atoms with van der Waals surface area (Å²) in [5, 5.41) is 0. The van der Waals surface area contributed by atoms with Gasteiger partial charge in [-0.1, -0.05) is 27.7 Å². The zero-order chi connectivity index (χ0) is 11.1. The van der Waals surface area contributed by atoms with Crippen LogP contribution in [-0.4, -0.2) is 39.3 Å². The molecule has 0 spiro atoms. The molecule has 0 aromatic rings. The highest BCUT2D eigenvalue weighted by Crippen LogP contribution is 2.01. The predicted molar refractivity (Wildman–Crippen MR) is 62.4 cm³/mol. The molecule has 0 aromatic heterocycles. The van der Waals surface area contributed by atoms with Crippen molar-refractivity contribution < 1.29 is 4.74 Å². The molecule has 0 aromatic carbocycles. The van der Waals surface area contributed by atoms with Gasteiger partial charge in [0.2, 0.25) is 0 Å². The first-order valence-corrected chi connectivity index (χ1v) is 5.40. The Kier molecular flexibility index (Phi) is 32.5. The van der Waals surface area contributed by atoms with Gasteiger partial charge in [0, 0.05) is 14.2 Å². The third-order valence-corrected chi connectivity index (χ3v) is 1.33. The molecule has 0 atom stereocenters. The van der Waals surface area contributed by atoms with E-state index in [2.05, 4.69) is 16.7 Å². The number of hydrogen-bond donors (Lipinski definition) is 0. The summed E-state index contributed by atoms with van der Waals surface area (Å²) in [6.07, 6.45) is 2.83. The maximum Gasteiger partial charge on any atom is 0.0351 e. The maximum atomic E-state index is 4.25. The van der Waals surface area contributed by atoms with Gasteiger partial charge in [-0.05, 0) is 33.0 Å². The average Bonchev–Trinajstić information content (AvgIpc) is 2.64. The zero-order valence-electron chi connectivity index (χ0n) is 10.7. The van der Waals surface area contributed by atoms with Crippen molar-refractivity contribution in [3.63, 3.8) is 0 Å². The van der Waals surface area contributed by atoms with Crippen LogP contribution in [0.3, 0.4) is 0 Å². The number of hydrogen-bond acceptors (Lipinski definition) is 2. The average molecular weight is 191 g/mol. The van der Waals surface area contributed by atoms with Crippen molar-refractivity contribution in [1.29, 1.82) is 0 Å². The lowest BCUT2D eigenvalue weighted by Crippen LogP contribution is -2.10. The van der Waals surface area contributed by atoms with E-state index in [1.54, 1.807) is 14.2 Å². The lowest BCUT2D eigenvalue weighted by molar-refractivity contribution is 0.277. The van der Waals surface area contributed by atoms with Crippen LogP contribution >= 0.6 is 0 Å². The second-order valence-corrected chi connectivity index (χ2v) is 2.42. The minimum Gasteiger partial charge on any atom is -0.388 e. The quantitative estimate of drug-likeness (QED) is 0.583. The third-order valence-electron chi connectivity index (χ3n) is 1.33. The monoisotopic (exact) mass is 191 g/mol. The first-order chi connectivity index (χ1) is 6.31. The van der Waals surface area contributed by atoms with Gasteiger partial charge in [-0.15, -0.1) is 0 Å². The molecule has 0 amide bonds. The lowest BCUT2D eigenvalue weighted by atomic mass is 10.4.